The quantitative estimate of drug-likeness (QED) is 0.0858. The van der Waals surface area contributed by atoms with Crippen LogP contribution < -0.4 is 32.2 Å². The number of fused-ring (bicyclic) bond motifs is 1. The lowest BCUT2D eigenvalue weighted by Gasteiger charge is -2.29. The Bertz CT molecular complexity index is 2040. The van der Waals surface area contributed by atoms with Crippen molar-refractivity contribution in [1.29, 1.82) is 0 Å². The molecule has 0 saturated heterocycles. The van der Waals surface area contributed by atoms with E-state index in [1.54, 1.807) is 58.0 Å². The Morgan fingerprint density at radius 1 is 0.776 bits per heavy atom. The van der Waals surface area contributed by atoms with Gasteiger partial charge in [0.2, 0.25) is 23.6 Å². The van der Waals surface area contributed by atoms with Crippen molar-refractivity contribution in [1.82, 2.24) is 21.3 Å². The number of hydrogen-bond acceptors (Lipinski definition) is 10. The van der Waals surface area contributed by atoms with E-state index in [2.05, 4.69) is 26.6 Å². The van der Waals surface area contributed by atoms with Gasteiger partial charge in [-0.2, -0.15) is 13.2 Å². The number of amides is 5. The molecule has 1 heterocycles. The normalized spacial score (nSPS) is 13.9. The molecule has 58 heavy (non-hydrogen) atoms. The van der Waals surface area contributed by atoms with Crippen molar-refractivity contribution in [2.75, 3.05) is 5.32 Å². The number of alkyl halides is 3. The van der Waals surface area contributed by atoms with Gasteiger partial charge in [0.05, 0.1) is 12.0 Å². The summed E-state index contributed by atoms with van der Waals surface area (Å²) in [4.78, 5) is 102. The first-order chi connectivity index (χ1) is 27.2. The number of rotatable bonds is 19. The molecular weight excluding hydrogens is 775 g/mol. The average Bonchev–Trinajstić information content (AvgIpc) is 3.15. The Morgan fingerprint density at radius 3 is 2.00 bits per heavy atom. The zero-order valence-corrected chi connectivity index (χ0v) is 31.8. The van der Waals surface area contributed by atoms with E-state index < -0.39 is 125 Å². The molecule has 5 amide bonds. The van der Waals surface area contributed by atoms with Crippen LogP contribution in [0.1, 0.15) is 64.5 Å². The summed E-state index contributed by atoms with van der Waals surface area (Å²) in [6.45, 7) is 6.29. The van der Waals surface area contributed by atoms with Gasteiger partial charge in [0.1, 0.15) is 36.4 Å². The van der Waals surface area contributed by atoms with Crippen LogP contribution in [0.4, 0.5) is 23.7 Å². The molecule has 3 rings (SSSR count). The Morgan fingerprint density at radius 2 is 1.41 bits per heavy atom. The zero-order valence-electron chi connectivity index (χ0n) is 31.8. The summed E-state index contributed by atoms with van der Waals surface area (Å²) in [5, 5.41) is 30.2. The van der Waals surface area contributed by atoms with Crippen LogP contribution in [0.3, 0.4) is 0 Å². The third kappa shape index (κ3) is 13.6. The molecule has 3 aromatic rings. The fourth-order valence-electron chi connectivity index (χ4n) is 5.53. The first kappa shape index (κ1) is 45.9. The summed E-state index contributed by atoms with van der Waals surface area (Å²) in [7, 11) is 0. The van der Waals surface area contributed by atoms with Crippen molar-refractivity contribution in [2.45, 2.75) is 90.3 Å². The molecule has 1 aromatic heterocycles. The van der Waals surface area contributed by atoms with E-state index in [9.17, 15) is 61.7 Å². The second kappa shape index (κ2) is 20.6. The number of carboxylic acid groups (broad SMARTS) is 2. The molecular formula is C38H44F3N5O12. The maximum atomic E-state index is 13.7. The highest BCUT2D eigenvalue weighted by Crippen LogP contribution is 2.34. The summed E-state index contributed by atoms with van der Waals surface area (Å²) in [5.41, 5.74) is -2.69. The molecule has 17 nitrogen and oxygen atoms in total. The number of nitrogens with one attached hydrogen (secondary N) is 5. The number of carbonyl (C=O) groups excluding carboxylic acids is 5. The number of carboxylic acids is 2. The fraction of sp³-hybridized carbons (Fsp3) is 0.421. The summed E-state index contributed by atoms with van der Waals surface area (Å²) in [6, 6.07) is 5.71. The van der Waals surface area contributed by atoms with Crippen LogP contribution >= 0.6 is 0 Å². The molecule has 0 unspecified atom stereocenters. The second-order valence-corrected chi connectivity index (χ2v) is 13.6. The van der Waals surface area contributed by atoms with Gasteiger partial charge in [-0.05, 0) is 36.0 Å². The second-order valence-electron chi connectivity index (χ2n) is 13.6. The van der Waals surface area contributed by atoms with Gasteiger partial charge < -0.3 is 46.0 Å². The summed E-state index contributed by atoms with van der Waals surface area (Å²) in [6.07, 6.45) is -7.66. The van der Waals surface area contributed by atoms with E-state index in [4.69, 9.17) is 9.15 Å². The van der Waals surface area contributed by atoms with E-state index in [1.165, 1.54) is 0 Å². The van der Waals surface area contributed by atoms with E-state index in [0.717, 1.165) is 18.2 Å². The van der Waals surface area contributed by atoms with Gasteiger partial charge in [0.25, 0.3) is 0 Å². The number of aliphatic carboxylic acids is 2. The molecule has 314 valence electrons. The number of anilines is 1. The molecule has 0 fully saturated rings. The molecule has 0 spiro atoms. The minimum atomic E-state index is -4.91. The Balaban J connectivity index is 1.80. The van der Waals surface area contributed by atoms with Gasteiger partial charge in [-0.25, -0.2) is 9.59 Å². The number of alkyl carbamates (subject to hydrolysis) is 1. The molecule has 7 N–H and O–H groups in total. The maximum absolute atomic E-state index is 13.7. The smallest absolute Gasteiger partial charge is 0.417 e. The van der Waals surface area contributed by atoms with Crippen LogP contribution in [0.5, 0.6) is 0 Å². The Hall–Kier alpha value is -6.47. The highest BCUT2D eigenvalue weighted by molar-refractivity contribution is 6.01. The minimum Gasteiger partial charge on any atom is -0.481 e. The Labute approximate surface area is 329 Å². The Kier molecular flexibility index (Phi) is 16.3. The first-order valence-electron chi connectivity index (χ1n) is 18.0. The van der Waals surface area contributed by atoms with E-state index in [1.807, 2.05) is 0 Å². The van der Waals surface area contributed by atoms with E-state index in [-0.39, 0.29) is 24.8 Å². The molecule has 20 heteroatoms. The summed E-state index contributed by atoms with van der Waals surface area (Å²) < 4.78 is 50.5. The average molecular weight is 820 g/mol. The number of ether oxygens (including phenoxy) is 1. The lowest BCUT2D eigenvalue weighted by molar-refractivity contribution is -0.141. The number of halogens is 3. The van der Waals surface area contributed by atoms with Gasteiger partial charge in [0, 0.05) is 29.6 Å². The molecule has 0 radical (unpaired) electrons. The minimum absolute atomic E-state index is 0.105. The fourth-order valence-corrected chi connectivity index (χ4v) is 5.53. The number of benzene rings is 2. The van der Waals surface area contributed by atoms with Crippen molar-refractivity contribution in [2.24, 2.45) is 11.8 Å². The zero-order chi connectivity index (χ0) is 43.3. The predicted octanol–water partition coefficient (Wildman–Crippen LogP) is 3.54. The van der Waals surface area contributed by atoms with Gasteiger partial charge in [0.15, 0.2) is 0 Å². The van der Waals surface area contributed by atoms with Gasteiger partial charge >= 0.3 is 29.8 Å². The molecule has 2 aromatic carbocycles. The van der Waals surface area contributed by atoms with Crippen LogP contribution in [-0.4, -0.2) is 76.0 Å². The lowest BCUT2D eigenvalue weighted by atomic mass is 9.96. The van der Waals surface area contributed by atoms with Gasteiger partial charge in [-0.15, -0.1) is 0 Å². The third-order valence-electron chi connectivity index (χ3n) is 8.84. The van der Waals surface area contributed by atoms with Gasteiger partial charge in [-0.1, -0.05) is 64.4 Å². The summed E-state index contributed by atoms with van der Waals surface area (Å²) >= 11 is 0. The third-order valence-corrected chi connectivity index (χ3v) is 8.84. The number of carbonyl (C=O) groups is 7. The van der Waals surface area contributed by atoms with Crippen LogP contribution in [-0.2, 0) is 46.3 Å². The molecule has 0 aliphatic heterocycles. The predicted molar refractivity (Wildman–Crippen MR) is 199 cm³/mol. The topological polar surface area (TPSA) is 260 Å². The number of hydrogen-bond donors (Lipinski definition) is 7. The molecule has 0 saturated carbocycles. The van der Waals surface area contributed by atoms with Crippen molar-refractivity contribution < 1.29 is 66.1 Å². The van der Waals surface area contributed by atoms with Crippen LogP contribution in [0.2, 0.25) is 0 Å². The highest BCUT2D eigenvalue weighted by atomic mass is 19.4. The standard InChI is InChI=1S/C38H44F3N5O12/c1-5-20(4)32(36(55)44-26(17-29(49)50)34(53)42-22-11-12-23-24(38(39,40)41)16-30(51)58-27(23)15-22)45-33(52)25(13-14-28(47)48)43-35(54)31(19(2)3)46-37(56)57-18-21-9-7-6-8-10-21/h6-12,15-16,19-20,25-26,31-32H,5,13-14,17-18H2,1-4H3,(H,42,53)(H,43,54)(H,44,55)(H,45,52)(H,46,56)(H,47,48)(H,49,50)/t20-,25-,26-,31-,32-/m0/s1. The van der Waals surface area contributed by atoms with Crippen LogP contribution in [0, 0.1) is 11.8 Å². The van der Waals surface area contributed by atoms with E-state index in [0.29, 0.717) is 5.56 Å². The van der Waals surface area contributed by atoms with Gasteiger partial charge in [-0.3, -0.25) is 28.8 Å². The largest absolute Gasteiger partial charge is 0.481 e. The van der Waals surface area contributed by atoms with Crippen LogP contribution in [0.25, 0.3) is 11.0 Å². The van der Waals surface area contributed by atoms with Crippen molar-refractivity contribution in [3.05, 3.63) is 76.1 Å². The molecule has 5 atom stereocenters. The SMILES string of the molecule is CC[C@H](C)[C@H](NC(=O)[C@H](CCC(=O)O)NC(=O)[C@@H](NC(=O)OCc1ccccc1)C(C)C)C(=O)N[C@@H](CC(=O)O)C(=O)Nc1ccc2c(C(F)(F)F)cc(=O)oc2c1. The summed E-state index contributed by atoms with van der Waals surface area (Å²) in [5.74, 6) is -8.17. The molecule has 0 bridgehead atoms. The van der Waals surface area contributed by atoms with Crippen LogP contribution in [0.15, 0.2) is 63.8 Å². The van der Waals surface area contributed by atoms with Crippen molar-refractivity contribution >= 4 is 58.3 Å². The van der Waals surface area contributed by atoms with Crippen molar-refractivity contribution in [3.63, 3.8) is 0 Å². The molecule has 0 aliphatic rings. The van der Waals surface area contributed by atoms with E-state index >= 15 is 0 Å². The monoisotopic (exact) mass is 819 g/mol. The maximum Gasteiger partial charge on any atom is 0.417 e. The highest BCUT2D eigenvalue weighted by Gasteiger charge is 2.36. The first-order valence-corrected chi connectivity index (χ1v) is 18.0. The lowest BCUT2D eigenvalue weighted by Crippen LogP contribution is -2.60. The van der Waals surface area contributed by atoms with Crippen molar-refractivity contribution in [3.8, 4) is 0 Å². The molecule has 0 aliphatic carbocycles.